The van der Waals surface area contributed by atoms with Crippen molar-refractivity contribution >= 4 is 39.8 Å². The van der Waals surface area contributed by atoms with Crippen LogP contribution in [0.5, 0.6) is 0 Å². The van der Waals surface area contributed by atoms with Crippen LogP contribution < -0.4 is 0 Å². The minimum Gasteiger partial charge on any atom is -0.282 e. The molecule has 0 spiro atoms. The van der Waals surface area contributed by atoms with Gasteiger partial charge in [-0.15, -0.1) is 0 Å². The number of fused-ring (bicyclic) bond motifs is 1. The summed E-state index contributed by atoms with van der Waals surface area (Å²) in [5.74, 6) is -0.354. The summed E-state index contributed by atoms with van der Waals surface area (Å²) in [6.07, 6.45) is 1.71. The number of hydrazone groups is 1. The third kappa shape index (κ3) is 2.81. The van der Waals surface area contributed by atoms with E-state index in [0.29, 0.717) is 5.17 Å². The smallest absolute Gasteiger partial charge is 0.282 e. The van der Waals surface area contributed by atoms with Crippen LogP contribution in [0.3, 0.4) is 0 Å². The van der Waals surface area contributed by atoms with Gasteiger partial charge in [0.2, 0.25) is 5.17 Å². The molecule has 0 bridgehead atoms. The van der Waals surface area contributed by atoms with Crippen molar-refractivity contribution in [2.45, 2.75) is 6.92 Å². The summed E-state index contributed by atoms with van der Waals surface area (Å²) in [6, 6.07) is 17.4. The van der Waals surface area contributed by atoms with Gasteiger partial charge in [-0.1, -0.05) is 54.6 Å². The third-order valence-corrected chi connectivity index (χ3v) is 4.92. The minimum absolute atomic E-state index is 0.0525. The Morgan fingerprint density at radius 2 is 1.80 bits per heavy atom. The van der Waals surface area contributed by atoms with Gasteiger partial charge in [0, 0.05) is 5.56 Å². The van der Waals surface area contributed by atoms with E-state index in [1.54, 1.807) is 6.08 Å². The van der Waals surface area contributed by atoms with E-state index >= 15 is 0 Å². The van der Waals surface area contributed by atoms with Crippen molar-refractivity contribution in [1.29, 1.82) is 5.41 Å². The van der Waals surface area contributed by atoms with E-state index in [-0.39, 0.29) is 11.4 Å². The quantitative estimate of drug-likeness (QED) is 0.844. The number of hydrogen-bond donors (Lipinski definition) is 1. The average Bonchev–Trinajstić information content (AvgIpc) is 3.05. The summed E-state index contributed by atoms with van der Waals surface area (Å²) in [6.45, 7) is 1.97. The molecule has 2 aliphatic heterocycles. The highest BCUT2D eigenvalue weighted by Gasteiger charge is 2.35. The minimum atomic E-state index is -0.406. The van der Waals surface area contributed by atoms with Gasteiger partial charge in [0.25, 0.3) is 5.91 Å². The molecule has 1 N–H and O–H groups in total. The number of amides is 1. The lowest BCUT2D eigenvalue weighted by atomic mass is 10.0. The molecule has 122 valence electrons. The molecular weight excluding hydrogens is 332 g/mol. The van der Waals surface area contributed by atoms with Crippen LogP contribution >= 0.6 is 11.8 Å². The molecule has 2 aromatic carbocycles. The Bertz CT molecular complexity index is 976. The van der Waals surface area contributed by atoms with Crippen LogP contribution in [0.1, 0.15) is 16.7 Å². The number of aryl methyl sites for hydroxylation is 1. The number of amidine groups is 2. The standard InChI is InChI=1S/C19H14N4OS/c1-12-7-5-6-10-14(12)11-15-16(20)23-19(21-17(15)24)25-18(22-23)13-8-3-2-4-9-13/h2-11,20H,1H3/b15-11-,20-16?. The molecule has 0 atom stereocenters. The van der Waals surface area contributed by atoms with Gasteiger partial charge < -0.3 is 0 Å². The van der Waals surface area contributed by atoms with Crippen LogP contribution in [-0.4, -0.2) is 27.0 Å². The molecule has 2 aliphatic rings. The largest absolute Gasteiger partial charge is 0.283 e. The van der Waals surface area contributed by atoms with Gasteiger partial charge in [-0.25, -0.2) is 0 Å². The number of nitrogens with one attached hydrogen (secondary N) is 1. The maximum absolute atomic E-state index is 12.4. The Kier molecular flexibility index (Phi) is 3.82. The normalized spacial score (nSPS) is 18.3. The number of hydrogen-bond acceptors (Lipinski definition) is 4. The van der Waals surface area contributed by atoms with E-state index < -0.39 is 5.91 Å². The van der Waals surface area contributed by atoms with E-state index in [1.165, 1.54) is 16.8 Å². The lowest BCUT2D eigenvalue weighted by molar-refractivity contribution is -0.114. The zero-order valence-corrected chi connectivity index (χ0v) is 14.2. The SMILES string of the molecule is Cc1ccccc1/C=C1/C(=N)N2N=C(c3ccccc3)SC2=NC1=O. The number of carbonyl (C=O) groups excluding carboxylic acids is 1. The van der Waals surface area contributed by atoms with Crippen molar-refractivity contribution in [2.24, 2.45) is 10.1 Å². The van der Waals surface area contributed by atoms with E-state index in [0.717, 1.165) is 21.7 Å². The summed E-state index contributed by atoms with van der Waals surface area (Å²) in [7, 11) is 0. The lowest BCUT2D eigenvalue weighted by Gasteiger charge is -2.20. The van der Waals surface area contributed by atoms with Crippen LogP contribution in [0.15, 0.2) is 70.3 Å². The molecule has 0 saturated heterocycles. The van der Waals surface area contributed by atoms with Gasteiger partial charge >= 0.3 is 0 Å². The highest BCUT2D eigenvalue weighted by molar-refractivity contribution is 8.27. The van der Waals surface area contributed by atoms with E-state index in [9.17, 15) is 4.79 Å². The first-order valence-corrected chi connectivity index (χ1v) is 8.56. The maximum atomic E-state index is 12.4. The van der Waals surface area contributed by atoms with Crippen molar-refractivity contribution in [1.82, 2.24) is 5.01 Å². The molecule has 25 heavy (non-hydrogen) atoms. The van der Waals surface area contributed by atoms with Crippen LogP contribution in [-0.2, 0) is 4.79 Å². The molecule has 0 radical (unpaired) electrons. The Balaban J connectivity index is 1.72. The topological polar surface area (TPSA) is 68.9 Å². The Labute approximate surface area is 149 Å². The summed E-state index contributed by atoms with van der Waals surface area (Å²) in [4.78, 5) is 16.5. The lowest BCUT2D eigenvalue weighted by Crippen LogP contribution is -2.35. The summed E-state index contributed by atoms with van der Waals surface area (Å²) in [5.41, 5.74) is 3.12. The fraction of sp³-hybridized carbons (Fsp3) is 0.0526. The number of benzene rings is 2. The van der Waals surface area contributed by atoms with Crippen molar-refractivity contribution in [3.8, 4) is 0 Å². The molecule has 1 amide bonds. The number of rotatable bonds is 2. The predicted molar refractivity (Wildman–Crippen MR) is 102 cm³/mol. The molecule has 6 heteroatoms. The van der Waals surface area contributed by atoms with Crippen LogP contribution in [0.25, 0.3) is 6.08 Å². The molecule has 0 fully saturated rings. The van der Waals surface area contributed by atoms with E-state index in [1.807, 2.05) is 61.5 Å². The molecule has 0 unspecified atom stereocenters. The zero-order chi connectivity index (χ0) is 17.4. The van der Waals surface area contributed by atoms with Crippen molar-refractivity contribution in [3.63, 3.8) is 0 Å². The highest BCUT2D eigenvalue weighted by atomic mass is 32.2. The maximum Gasteiger partial charge on any atom is 0.283 e. The zero-order valence-electron chi connectivity index (χ0n) is 13.4. The molecule has 5 nitrogen and oxygen atoms in total. The second-order valence-corrected chi connectivity index (χ2v) is 6.60. The Morgan fingerprint density at radius 1 is 1.08 bits per heavy atom. The van der Waals surface area contributed by atoms with Crippen LogP contribution in [0, 0.1) is 12.3 Å². The fourth-order valence-corrected chi connectivity index (χ4v) is 3.49. The fourth-order valence-electron chi connectivity index (χ4n) is 2.59. The highest BCUT2D eigenvalue weighted by Crippen LogP contribution is 2.30. The Hall–Kier alpha value is -2.99. The first-order valence-electron chi connectivity index (χ1n) is 7.75. The first-order chi connectivity index (χ1) is 12.1. The molecule has 2 heterocycles. The first kappa shape index (κ1) is 15.5. The van der Waals surface area contributed by atoms with Gasteiger partial charge in [0.05, 0.1) is 5.57 Å². The van der Waals surface area contributed by atoms with Gasteiger partial charge in [-0.2, -0.15) is 15.1 Å². The molecule has 0 aliphatic carbocycles. The van der Waals surface area contributed by atoms with Crippen LogP contribution in [0.4, 0.5) is 0 Å². The number of nitrogens with zero attached hydrogens (tertiary/aromatic N) is 3. The number of carbonyl (C=O) groups is 1. The molecule has 4 rings (SSSR count). The van der Waals surface area contributed by atoms with Gasteiger partial charge in [-0.3, -0.25) is 10.2 Å². The molecule has 2 aromatic rings. The summed E-state index contributed by atoms with van der Waals surface area (Å²) >= 11 is 1.30. The summed E-state index contributed by atoms with van der Waals surface area (Å²) < 4.78 is 0. The van der Waals surface area contributed by atoms with Gasteiger partial charge in [0.15, 0.2) is 5.84 Å². The van der Waals surface area contributed by atoms with Crippen LogP contribution in [0.2, 0.25) is 0 Å². The van der Waals surface area contributed by atoms with Crippen molar-refractivity contribution in [2.75, 3.05) is 0 Å². The van der Waals surface area contributed by atoms with Crippen molar-refractivity contribution in [3.05, 3.63) is 76.9 Å². The Morgan fingerprint density at radius 3 is 2.56 bits per heavy atom. The van der Waals surface area contributed by atoms with Gasteiger partial charge in [-0.05, 0) is 35.9 Å². The van der Waals surface area contributed by atoms with E-state index in [2.05, 4.69) is 10.1 Å². The molecular formula is C19H14N4OS. The summed E-state index contributed by atoms with van der Waals surface area (Å²) in [5, 5.41) is 15.5. The monoisotopic (exact) mass is 346 g/mol. The number of aliphatic imine (C=N–C) groups is 1. The molecule has 0 aromatic heterocycles. The second kappa shape index (κ2) is 6.14. The third-order valence-electron chi connectivity index (χ3n) is 3.96. The average molecular weight is 346 g/mol. The number of thioether (sulfide) groups is 1. The van der Waals surface area contributed by atoms with Crippen molar-refractivity contribution < 1.29 is 4.79 Å². The second-order valence-electron chi connectivity index (χ2n) is 5.65. The van der Waals surface area contributed by atoms with E-state index in [4.69, 9.17) is 5.41 Å². The predicted octanol–water partition coefficient (Wildman–Crippen LogP) is 3.66. The van der Waals surface area contributed by atoms with Gasteiger partial charge in [0.1, 0.15) is 5.04 Å². The molecule has 0 saturated carbocycles.